The maximum atomic E-state index is 2.66. The maximum absolute atomic E-state index is 2.66. The van der Waals surface area contributed by atoms with E-state index in [1.54, 1.807) is 0 Å². The number of anilines is 6. The van der Waals surface area contributed by atoms with E-state index < -0.39 is 0 Å². The smallest absolute Gasteiger partial charge is 0.0634 e. The van der Waals surface area contributed by atoms with Crippen molar-refractivity contribution in [3.8, 4) is 22.3 Å². The summed E-state index contributed by atoms with van der Waals surface area (Å²) >= 11 is 0. The number of rotatable bonds is 8. The zero-order valence-electron chi connectivity index (χ0n) is 51.7. The topological polar surface area (TPSA) is 24.1 Å². The van der Waals surface area contributed by atoms with E-state index in [0.717, 1.165) is 45.2 Å². The van der Waals surface area contributed by atoms with Crippen LogP contribution in [0.1, 0.15) is 0 Å². The molecule has 8 aromatic heterocycles. The van der Waals surface area contributed by atoms with Crippen LogP contribution in [-0.4, -0.2) is 17.6 Å². The van der Waals surface area contributed by atoms with E-state index in [9.17, 15) is 0 Å². The van der Waals surface area contributed by atoms with E-state index >= 15 is 0 Å². The predicted octanol–water partition coefficient (Wildman–Crippen LogP) is 24.6. The Morgan fingerprint density at radius 3 is 0.802 bits per heavy atom. The van der Waals surface area contributed by atoms with Crippen LogP contribution in [0.4, 0.5) is 34.1 Å². The molecule has 0 aliphatic rings. The summed E-state index contributed by atoms with van der Waals surface area (Å²) in [6, 6.07) is 118. The van der Waals surface area contributed by atoms with Gasteiger partial charge < -0.3 is 27.4 Å². The van der Waals surface area contributed by atoms with Gasteiger partial charge in [0.05, 0.1) is 77.6 Å². The fourth-order valence-electron chi connectivity index (χ4n) is 18.0. The molecule has 0 spiro atoms. The van der Waals surface area contributed by atoms with Crippen molar-refractivity contribution in [1.29, 1.82) is 0 Å². The van der Waals surface area contributed by atoms with Gasteiger partial charge in [-0.3, -0.25) is 0 Å². The monoisotopic (exact) mass is 1220 g/mol. The number of benzene rings is 15. The van der Waals surface area contributed by atoms with Gasteiger partial charge in [0.25, 0.3) is 0 Å². The lowest BCUT2D eigenvalue weighted by molar-refractivity contribution is 1.30. The largest absolute Gasteiger partial charge is 0.310 e. The van der Waals surface area contributed by atoms with Crippen LogP contribution >= 0.6 is 0 Å². The van der Waals surface area contributed by atoms with Crippen LogP contribution in [0.2, 0.25) is 0 Å². The molecule has 0 aliphatic heterocycles. The molecule has 0 amide bonds. The molecule has 6 nitrogen and oxygen atoms in total. The van der Waals surface area contributed by atoms with Crippen molar-refractivity contribution in [3.63, 3.8) is 0 Å². The molecule has 23 aromatic rings. The minimum absolute atomic E-state index is 1.10. The van der Waals surface area contributed by atoms with Crippen molar-refractivity contribution in [3.05, 3.63) is 315 Å². The minimum atomic E-state index is 1.10. The highest BCUT2D eigenvalue weighted by atomic mass is 15.2. The van der Waals surface area contributed by atoms with Gasteiger partial charge in [-0.25, -0.2) is 0 Å². The van der Waals surface area contributed by atoms with E-state index in [4.69, 9.17) is 0 Å². The molecular weight excluding hydrogens is 1170 g/mol. The van der Waals surface area contributed by atoms with Gasteiger partial charge in [0, 0.05) is 120 Å². The van der Waals surface area contributed by atoms with Crippen molar-refractivity contribution in [2.75, 3.05) is 9.80 Å². The van der Waals surface area contributed by atoms with E-state index in [0.29, 0.717) is 0 Å². The summed E-state index contributed by atoms with van der Waals surface area (Å²) < 4.78 is 10.3. The van der Waals surface area contributed by atoms with Crippen LogP contribution in [0.25, 0.3) is 175 Å². The Hall–Kier alpha value is -12.9. The van der Waals surface area contributed by atoms with Crippen LogP contribution in [0, 0.1) is 0 Å². The molecule has 96 heavy (non-hydrogen) atoms. The zero-order valence-corrected chi connectivity index (χ0v) is 51.7. The van der Waals surface area contributed by atoms with Crippen molar-refractivity contribution >= 4 is 187 Å². The molecule has 0 atom stereocenters. The first-order chi connectivity index (χ1) is 47.7. The van der Waals surface area contributed by atoms with Gasteiger partial charge in [-0.1, -0.05) is 218 Å². The molecule has 0 saturated heterocycles. The molecular formula is C90H52N6. The van der Waals surface area contributed by atoms with Crippen molar-refractivity contribution < 1.29 is 0 Å². The predicted molar refractivity (Wildman–Crippen MR) is 405 cm³/mol. The van der Waals surface area contributed by atoms with Crippen LogP contribution < -0.4 is 9.80 Å². The molecule has 0 bridgehead atoms. The van der Waals surface area contributed by atoms with Gasteiger partial charge in [0.1, 0.15) is 0 Å². The van der Waals surface area contributed by atoms with E-state index in [2.05, 4.69) is 343 Å². The van der Waals surface area contributed by atoms with E-state index in [1.165, 1.54) is 164 Å². The lowest BCUT2D eigenvalue weighted by atomic mass is 9.89. The number of fused-ring (bicyclic) bond motifs is 24. The molecule has 0 N–H and O–H groups in total. The Morgan fingerprint density at radius 1 is 0.177 bits per heavy atom. The summed E-state index contributed by atoms with van der Waals surface area (Å²) in [5.74, 6) is 0. The van der Waals surface area contributed by atoms with Crippen LogP contribution in [0.3, 0.4) is 0 Å². The summed E-state index contributed by atoms with van der Waals surface area (Å²) in [5.41, 5.74) is 26.1. The van der Waals surface area contributed by atoms with Crippen molar-refractivity contribution in [1.82, 2.24) is 17.6 Å². The normalized spacial score (nSPS) is 12.6. The number of hydrogen-bond donors (Lipinski definition) is 0. The van der Waals surface area contributed by atoms with Gasteiger partial charge in [-0.2, -0.15) is 0 Å². The van der Waals surface area contributed by atoms with E-state index in [1.807, 2.05) is 0 Å². The molecule has 0 saturated carbocycles. The lowest BCUT2D eigenvalue weighted by Crippen LogP contribution is -2.10. The summed E-state index contributed by atoms with van der Waals surface area (Å²) in [6.45, 7) is 0. The second-order valence-electron chi connectivity index (χ2n) is 26.2. The molecule has 0 aliphatic carbocycles. The van der Waals surface area contributed by atoms with Gasteiger partial charge in [0.2, 0.25) is 0 Å². The standard InChI is InChI=1S/C90H52N6/c1-5-25-53(26-6-1)79-83-65-39-21-37-63-82-76(92(56-31-11-4-12-32-56)58-51-69-61-35-15-19-43-73(61)94-74-44-20-16-36-62(74)70(52-58)88(69)94)46-24-48-78(82)96(85(63)65)90(83)80(54-27-7-2-8-28-54)84-66-40-22-38-64-81-75(45-23-47-77(81)95(86(64)66)89(79)84)91(55-29-9-3-10-30-55)57-49-67-59-33-13-17-41-71(59)93-72-42-18-14-34-60(72)68(50-57)87(67)93/h1-52H. The number of aromatic nitrogens is 4. The first-order valence-electron chi connectivity index (χ1n) is 33.3. The van der Waals surface area contributed by atoms with Gasteiger partial charge in [-0.15, -0.1) is 0 Å². The highest BCUT2D eigenvalue weighted by Crippen LogP contribution is 2.57. The molecule has 0 unspecified atom stereocenters. The average molecular weight is 1220 g/mol. The Labute approximate surface area is 548 Å². The third-order valence-electron chi connectivity index (χ3n) is 21.5. The Bertz CT molecular complexity index is 6580. The van der Waals surface area contributed by atoms with Gasteiger partial charge >= 0.3 is 0 Å². The molecule has 23 rings (SSSR count). The second-order valence-corrected chi connectivity index (χ2v) is 26.2. The summed E-state index contributed by atoms with van der Waals surface area (Å²) in [6.07, 6.45) is 0. The van der Waals surface area contributed by atoms with Crippen LogP contribution in [0.15, 0.2) is 315 Å². The minimum Gasteiger partial charge on any atom is -0.310 e. The lowest BCUT2D eigenvalue weighted by Gasteiger charge is -2.27. The SMILES string of the molecule is c1ccc(-c2c3c4cccc5c6c(N(c7ccccc7)c7cc8c9ccccc9n9c%10ccccc%10c(c7)c89)cccc6n(c3c(-c3ccccc3)c3c6cccc7c8c(N(c9ccccc9)c9cc%10c%11ccccc%11n%11c%12ccccc%12c(c9)c%10%11)cccc8n(c23)c76)c54)cc1. The molecule has 0 fully saturated rings. The van der Waals surface area contributed by atoms with Crippen LogP contribution in [-0.2, 0) is 0 Å². The summed E-state index contributed by atoms with van der Waals surface area (Å²) in [4.78, 5) is 5.05. The first kappa shape index (κ1) is 50.7. The third kappa shape index (κ3) is 6.31. The fraction of sp³-hybridized carbons (Fsp3) is 0. The first-order valence-corrected chi connectivity index (χ1v) is 33.3. The quantitative estimate of drug-likeness (QED) is 0.151. The highest BCUT2D eigenvalue weighted by molar-refractivity contribution is 6.39. The molecule has 8 heterocycles. The molecule has 6 heteroatoms. The Balaban J connectivity index is 0.844. The Kier molecular flexibility index (Phi) is 9.74. The number of nitrogens with zero attached hydrogens (tertiary/aromatic N) is 6. The molecule has 15 aromatic carbocycles. The van der Waals surface area contributed by atoms with Gasteiger partial charge in [0.15, 0.2) is 0 Å². The van der Waals surface area contributed by atoms with Crippen LogP contribution in [0.5, 0.6) is 0 Å². The number of hydrogen-bond acceptors (Lipinski definition) is 2. The Morgan fingerprint density at radius 2 is 0.448 bits per heavy atom. The van der Waals surface area contributed by atoms with Crippen molar-refractivity contribution in [2.45, 2.75) is 0 Å². The zero-order chi connectivity index (χ0) is 62.2. The van der Waals surface area contributed by atoms with Gasteiger partial charge in [-0.05, 0) is 108 Å². The average Bonchev–Trinajstić information content (AvgIpc) is 1.50. The number of para-hydroxylation sites is 8. The maximum Gasteiger partial charge on any atom is 0.0634 e. The molecule has 442 valence electrons. The fourth-order valence-corrected chi connectivity index (χ4v) is 18.0. The molecule has 0 radical (unpaired) electrons. The second kappa shape index (κ2) is 18.4. The van der Waals surface area contributed by atoms with E-state index in [-0.39, 0.29) is 0 Å². The summed E-state index contributed by atoms with van der Waals surface area (Å²) in [5, 5.41) is 19.8. The summed E-state index contributed by atoms with van der Waals surface area (Å²) in [7, 11) is 0. The third-order valence-corrected chi connectivity index (χ3v) is 21.5. The highest BCUT2D eigenvalue weighted by Gasteiger charge is 2.34. The van der Waals surface area contributed by atoms with Crippen molar-refractivity contribution in [2.24, 2.45) is 0 Å².